The van der Waals surface area contributed by atoms with E-state index in [1.807, 2.05) is 36.9 Å². The summed E-state index contributed by atoms with van der Waals surface area (Å²) >= 11 is 6.37. The zero-order valence-corrected chi connectivity index (χ0v) is 24.7. The van der Waals surface area contributed by atoms with Crippen molar-refractivity contribution in [1.29, 1.82) is 0 Å². The van der Waals surface area contributed by atoms with Crippen molar-refractivity contribution in [3.05, 3.63) is 58.0 Å². The molecule has 2 saturated heterocycles. The van der Waals surface area contributed by atoms with Gasteiger partial charge in [0.05, 0.1) is 28.8 Å². The molecule has 0 bridgehead atoms. The Hall–Kier alpha value is -3.38. The zero-order chi connectivity index (χ0) is 28.5. The normalized spacial score (nSPS) is 23.1. The van der Waals surface area contributed by atoms with Crippen LogP contribution in [0.15, 0.2) is 41.3 Å². The average Bonchev–Trinajstić information content (AvgIpc) is 3.62. The van der Waals surface area contributed by atoms with Crippen molar-refractivity contribution < 1.29 is 23.8 Å². The number of hydrogen-bond acceptors (Lipinski definition) is 9. The predicted octanol–water partition coefficient (Wildman–Crippen LogP) is 3.62. The molecule has 0 saturated carbocycles. The minimum absolute atomic E-state index is 0.186. The molecule has 7 rings (SSSR count). The molecule has 41 heavy (non-hydrogen) atoms. The molecule has 5 aliphatic heterocycles. The summed E-state index contributed by atoms with van der Waals surface area (Å²) in [5, 5.41) is 2.66. The van der Waals surface area contributed by atoms with Gasteiger partial charge in [0.2, 0.25) is 6.79 Å². The maximum Gasteiger partial charge on any atom is 0.264 e. The molecule has 1 N–H and O–H groups in total. The number of piperazine rings is 1. The standard InChI is InChI=1S/C30H30N4O5S2/c1-30(2)13-18(15-33-8-6-32(7-9-33)14-17-4-5-22-23(10-17)39-16-38-22)20-11-19(37-3)12-21-24(28(36)34(30)25(20)21)26-27(35)31-29(40)41-26/h4-5,10-13H,6-9,14-16H2,1-3H3,(H,31,35,40)/b26-24-. The monoisotopic (exact) mass is 590 g/mol. The number of thiocarbonyl (C=S) groups is 1. The molecule has 0 spiro atoms. The summed E-state index contributed by atoms with van der Waals surface area (Å²) in [6.07, 6.45) is 2.19. The highest BCUT2D eigenvalue weighted by Crippen LogP contribution is 2.53. The van der Waals surface area contributed by atoms with Crippen LogP contribution in [-0.2, 0) is 16.1 Å². The van der Waals surface area contributed by atoms with E-state index in [-0.39, 0.29) is 18.6 Å². The molecular weight excluding hydrogens is 560 g/mol. The largest absolute Gasteiger partial charge is 0.497 e. The number of rotatable bonds is 5. The number of amides is 2. The van der Waals surface area contributed by atoms with Crippen molar-refractivity contribution in [3.8, 4) is 17.2 Å². The van der Waals surface area contributed by atoms with Gasteiger partial charge >= 0.3 is 0 Å². The van der Waals surface area contributed by atoms with Gasteiger partial charge in [-0.15, -0.1) is 0 Å². The van der Waals surface area contributed by atoms with E-state index in [4.69, 9.17) is 26.4 Å². The summed E-state index contributed by atoms with van der Waals surface area (Å²) in [6.45, 7) is 9.77. The van der Waals surface area contributed by atoms with E-state index in [0.717, 1.165) is 84.9 Å². The summed E-state index contributed by atoms with van der Waals surface area (Å²) in [5.41, 5.74) is 4.72. The minimum Gasteiger partial charge on any atom is -0.497 e. The fraction of sp³-hybridized carbons (Fsp3) is 0.367. The summed E-state index contributed by atoms with van der Waals surface area (Å²) in [5.74, 6) is 1.76. The van der Waals surface area contributed by atoms with Crippen LogP contribution in [0.1, 0.15) is 30.5 Å². The molecule has 0 aromatic heterocycles. The van der Waals surface area contributed by atoms with Crippen molar-refractivity contribution in [2.75, 3.05) is 51.5 Å². The number of fused-ring (bicyclic) bond motifs is 1. The number of methoxy groups -OCH3 is 1. The quantitative estimate of drug-likeness (QED) is 0.415. The molecular formula is C30H30N4O5S2. The average molecular weight is 591 g/mol. The maximum atomic E-state index is 13.9. The lowest BCUT2D eigenvalue weighted by molar-refractivity contribution is -0.116. The molecule has 212 valence electrons. The van der Waals surface area contributed by atoms with Gasteiger partial charge in [0.15, 0.2) is 11.5 Å². The summed E-state index contributed by atoms with van der Waals surface area (Å²) in [7, 11) is 1.62. The van der Waals surface area contributed by atoms with Gasteiger partial charge in [-0.2, -0.15) is 0 Å². The number of carbonyl (C=O) groups excluding carboxylic acids is 2. The van der Waals surface area contributed by atoms with Crippen molar-refractivity contribution >= 4 is 56.9 Å². The van der Waals surface area contributed by atoms with Gasteiger partial charge in [-0.3, -0.25) is 24.3 Å². The second-order valence-electron chi connectivity index (χ2n) is 11.3. The third kappa shape index (κ3) is 4.51. The van der Waals surface area contributed by atoms with E-state index in [1.165, 1.54) is 5.56 Å². The van der Waals surface area contributed by atoms with Crippen LogP contribution in [0.5, 0.6) is 17.2 Å². The number of nitrogens with zero attached hydrogens (tertiary/aromatic N) is 3. The highest BCUT2D eigenvalue weighted by Gasteiger charge is 2.48. The zero-order valence-electron chi connectivity index (χ0n) is 23.1. The van der Waals surface area contributed by atoms with Gasteiger partial charge in [0, 0.05) is 50.4 Å². The van der Waals surface area contributed by atoms with E-state index in [1.54, 1.807) is 7.11 Å². The van der Waals surface area contributed by atoms with Crippen LogP contribution in [0, 0.1) is 0 Å². The molecule has 2 aromatic rings. The summed E-state index contributed by atoms with van der Waals surface area (Å²) < 4.78 is 17.0. The Balaban J connectivity index is 1.15. The highest BCUT2D eigenvalue weighted by atomic mass is 32.2. The lowest BCUT2D eigenvalue weighted by Gasteiger charge is -2.41. The second-order valence-corrected chi connectivity index (χ2v) is 13.0. The molecule has 0 radical (unpaired) electrons. The SMILES string of the molecule is COc1cc2c3c(c1)/C(=C1/SC(=S)NC1=O)C(=O)N3C(C)(C)C=C2CN1CCN(Cc2ccc3c(c2)OCO3)CC1. The molecule has 5 heterocycles. The van der Waals surface area contributed by atoms with Crippen molar-refractivity contribution in [1.82, 2.24) is 15.1 Å². The maximum absolute atomic E-state index is 13.9. The number of benzene rings is 2. The fourth-order valence-electron chi connectivity index (χ4n) is 6.32. The molecule has 9 nitrogen and oxygen atoms in total. The van der Waals surface area contributed by atoms with Crippen molar-refractivity contribution in [3.63, 3.8) is 0 Å². The molecule has 11 heteroatoms. The van der Waals surface area contributed by atoms with E-state index >= 15 is 0 Å². The number of ether oxygens (including phenoxy) is 3. The van der Waals surface area contributed by atoms with Crippen LogP contribution in [0.25, 0.3) is 11.1 Å². The molecule has 2 aromatic carbocycles. The molecule has 0 unspecified atom stereocenters. The Morgan fingerprint density at radius 3 is 2.41 bits per heavy atom. The number of thioether (sulfide) groups is 1. The van der Waals surface area contributed by atoms with Gasteiger partial charge in [-0.1, -0.05) is 36.1 Å². The molecule has 0 aliphatic carbocycles. The number of hydrogen-bond donors (Lipinski definition) is 1. The first-order valence-electron chi connectivity index (χ1n) is 13.6. The first-order chi connectivity index (χ1) is 19.7. The van der Waals surface area contributed by atoms with E-state index in [9.17, 15) is 9.59 Å². The van der Waals surface area contributed by atoms with Crippen molar-refractivity contribution in [2.24, 2.45) is 0 Å². The van der Waals surface area contributed by atoms with Gasteiger partial charge in [0.25, 0.3) is 11.8 Å². The number of anilines is 1. The molecule has 0 atom stereocenters. The highest BCUT2D eigenvalue weighted by molar-refractivity contribution is 8.27. The van der Waals surface area contributed by atoms with Gasteiger partial charge < -0.3 is 19.5 Å². The lowest BCUT2D eigenvalue weighted by atomic mass is 9.87. The molecule has 2 amide bonds. The van der Waals surface area contributed by atoms with Crippen LogP contribution in [0.4, 0.5) is 5.69 Å². The van der Waals surface area contributed by atoms with E-state index < -0.39 is 5.54 Å². The van der Waals surface area contributed by atoms with Crippen LogP contribution < -0.4 is 24.4 Å². The van der Waals surface area contributed by atoms with Gasteiger partial charge in [-0.25, -0.2) is 0 Å². The Labute approximate surface area is 248 Å². The topological polar surface area (TPSA) is 83.6 Å². The fourth-order valence-corrected chi connectivity index (χ4v) is 7.44. The van der Waals surface area contributed by atoms with E-state index in [0.29, 0.717) is 20.5 Å². The number of carbonyl (C=O) groups is 2. The third-order valence-electron chi connectivity index (χ3n) is 8.22. The Kier molecular flexibility index (Phi) is 6.38. The van der Waals surface area contributed by atoms with Gasteiger partial charge in [0.1, 0.15) is 10.1 Å². The summed E-state index contributed by atoms with van der Waals surface area (Å²) in [6, 6.07) is 10.0. The second kappa shape index (κ2) is 9.87. The molecule has 5 aliphatic rings. The van der Waals surface area contributed by atoms with Crippen LogP contribution in [0.3, 0.4) is 0 Å². The predicted molar refractivity (Wildman–Crippen MR) is 162 cm³/mol. The van der Waals surface area contributed by atoms with Crippen molar-refractivity contribution in [2.45, 2.75) is 25.9 Å². The Morgan fingerprint density at radius 2 is 1.71 bits per heavy atom. The lowest BCUT2D eigenvalue weighted by Crippen LogP contribution is -2.49. The Morgan fingerprint density at radius 1 is 1.00 bits per heavy atom. The smallest absolute Gasteiger partial charge is 0.264 e. The van der Waals surface area contributed by atoms with E-state index in [2.05, 4.69) is 33.3 Å². The minimum atomic E-state index is -0.577. The summed E-state index contributed by atoms with van der Waals surface area (Å²) in [4.78, 5) is 33.8. The van der Waals surface area contributed by atoms with Crippen LogP contribution in [0.2, 0.25) is 0 Å². The first kappa shape index (κ1) is 26.5. The Bertz CT molecular complexity index is 1570. The van der Waals surface area contributed by atoms with Gasteiger partial charge in [-0.05, 0) is 49.2 Å². The van der Waals surface area contributed by atoms with Crippen LogP contribution >= 0.6 is 24.0 Å². The first-order valence-corrected chi connectivity index (χ1v) is 14.8. The third-order valence-corrected chi connectivity index (χ3v) is 9.46. The molecule has 2 fully saturated rings. The number of nitrogens with one attached hydrogen (secondary N) is 1. The van der Waals surface area contributed by atoms with Crippen LogP contribution in [-0.4, -0.2) is 78.1 Å².